The van der Waals surface area contributed by atoms with Crippen molar-refractivity contribution in [3.63, 3.8) is 0 Å². The first kappa shape index (κ1) is 18.9. The van der Waals surface area contributed by atoms with Gasteiger partial charge in [-0.25, -0.2) is 12.7 Å². The maximum atomic E-state index is 12.6. The van der Waals surface area contributed by atoms with Crippen molar-refractivity contribution in [2.75, 3.05) is 13.1 Å². The van der Waals surface area contributed by atoms with Gasteiger partial charge in [0.15, 0.2) is 0 Å². The zero-order valence-corrected chi connectivity index (χ0v) is 15.8. The van der Waals surface area contributed by atoms with E-state index in [1.54, 1.807) is 42.7 Å². The maximum Gasteiger partial charge on any atom is 0.223 e. The molecule has 0 unspecified atom stereocenters. The van der Waals surface area contributed by atoms with E-state index >= 15 is 0 Å². The fourth-order valence-corrected chi connectivity index (χ4v) is 4.70. The monoisotopic (exact) mass is 396 g/mol. The van der Waals surface area contributed by atoms with Gasteiger partial charge >= 0.3 is 0 Å². The van der Waals surface area contributed by atoms with Crippen LogP contribution in [0, 0.1) is 5.92 Å². The number of nitrogens with one attached hydrogen (secondary N) is 1. The number of hydrogen-bond donors (Lipinski definition) is 1. The number of benzene rings is 1. The van der Waals surface area contributed by atoms with Crippen molar-refractivity contribution < 1.29 is 17.6 Å². The molecule has 0 atom stereocenters. The molecule has 8 heteroatoms. The first-order valence-electron chi connectivity index (χ1n) is 8.46. The smallest absolute Gasteiger partial charge is 0.223 e. The molecule has 0 saturated carbocycles. The molecule has 2 aromatic rings. The van der Waals surface area contributed by atoms with Crippen molar-refractivity contribution >= 4 is 27.5 Å². The number of amides is 1. The van der Waals surface area contributed by atoms with Crippen LogP contribution < -0.4 is 5.32 Å². The minimum atomic E-state index is -3.40. The summed E-state index contributed by atoms with van der Waals surface area (Å²) >= 11 is 5.83. The molecule has 140 valence electrons. The van der Waals surface area contributed by atoms with Crippen LogP contribution in [0.2, 0.25) is 5.02 Å². The predicted molar refractivity (Wildman–Crippen MR) is 98.9 cm³/mol. The van der Waals surface area contributed by atoms with Crippen LogP contribution >= 0.6 is 11.6 Å². The molecule has 3 rings (SSSR count). The quantitative estimate of drug-likeness (QED) is 0.814. The first-order chi connectivity index (χ1) is 12.4. The van der Waals surface area contributed by atoms with Crippen LogP contribution in [-0.4, -0.2) is 31.7 Å². The van der Waals surface area contributed by atoms with Crippen molar-refractivity contribution in [3.05, 3.63) is 59.0 Å². The van der Waals surface area contributed by atoms with Gasteiger partial charge in [-0.05, 0) is 42.7 Å². The highest BCUT2D eigenvalue weighted by Crippen LogP contribution is 2.22. The lowest BCUT2D eigenvalue weighted by molar-refractivity contribution is -0.126. The van der Waals surface area contributed by atoms with Crippen LogP contribution in [0.15, 0.2) is 47.1 Å². The highest BCUT2D eigenvalue weighted by molar-refractivity contribution is 7.88. The molecule has 1 fully saturated rings. The molecule has 1 N–H and O–H groups in total. The van der Waals surface area contributed by atoms with Crippen LogP contribution in [0.4, 0.5) is 0 Å². The summed E-state index contributed by atoms with van der Waals surface area (Å²) in [4.78, 5) is 12.2. The molecule has 1 amide bonds. The van der Waals surface area contributed by atoms with Gasteiger partial charge in [0, 0.05) is 24.0 Å². The number of sulfonamides is 1. The molecular formula is C18H21ClN2O4S. The van der Waals surface area contributed by atoms with E-state index in [0.717, 1.165) is 0 Å². The first-order valence-corrected chi connectivity index (χ1v) is 10.4. The lowest BCUT2D eigenvalue weighted by atomic mass is 9.97. The van der Waals surface area contributed by atoms with Gasteiger partial charge in [0.2, 0.25) is 15.9 Å². The molecule has 26 heavy (non-hydrogen) atoms. The minimum Gasteiger partial charge on any atom is -0.467 e. The molecule has 2 heterocycles. The molecule has 1 saturated heterocycles. The van der Waals surface area contributed by atoms with E-state index in [1.165, 1.54) is 4.31 Å². The Bertz CT molecular complexity index is 827. The molecule has 1 aromatic carbocycles. The lowest BCUT2D eigenvalue weighted by Crippen LogP contribution is -2.43. The normalized spacial score (nSPS) is 16.5. The van der Waals surface area contributed by atoms with Crippen LogP contribution in [0.5, 0.6) is 0 Å². The number of halogens is 1. The molecular weight excluding hydrogens is 376 g/mol. The SMILES string of the molecule is O=C(NCc1ccco1)C1CCN(S(=O)(=O)Cc2ccc(Cl)cc2)CC1. The molecule has 0 bridgehead atoms. The lowest BCUT2D eigenvalue weighted by Gasteiger charge is -2.30. The fraction of sp³-hybridized carbons (Fsp3) is 0.389. The average Bonchev–Trinajstić information content (AvgIpc) is 3.15. The molecule has 0 spiro atoms. The van der Waals surface area contributed by atoms with Crippen LogP contribution in [-0.2, 0) is 27.1 Å². The van der Waals surface area contributed by atoms with Gasteiger partial charge < -0.3 is 9.73 Å². The summed E-state index contributed by atoms with van der Waals surface area (Å²) in [5.74, 6) is 0.406. The minimum absolute atomic E-state index is 0.0560. The zero-order chi connectivity index (χ0) is 18.6. The Labute approximate surface area is 158 Å². The summed E-state index contributed by atoms with van der Waals surface area (Å²) in [6.45, 7) is 1.06. The third kappa shape index (κ3) is 4.87. The van der Waals surface area contributed by atoms with E-state index in [0.29, 0.717) is 48.8 Å². The van der Waals surface area contributed by atoms with E-state index in [1.807, 2.05) is 0 Å². The molecule has 0 aliphatic carbocycles. The topological polar surface area (TPSA) is 79.6 Å². The van der Waals surface area contributed by atoms with Crippen molar-refractivity contribution in [2.45, 2.75) is 25.1 Å². The van der Waals surface area contributed by atoms with Gasteiger partial charge in [-0.3, -0.25) is 4.79 Å². The van der Waals surface area contributed by atoms with Crippen molar-refractivity contribution in [1.82, 2.24) is 9.62 Å². The number of hydrogen-bond acceptors (Lipinski definition) is 4. The van der Waals surface area contributed by atoms with Gasteiger partial charge in [-0.15, -0.1) is 0 Å². The van der Waals surface area contributed by atoms with Gasteiger partial charge in [0.05, 0.1) is 18.6 Å². The zero-order valence-electron chi connectivity index (χ0n) is 14.2. The number of carbonyl (C=O) groups excluding carboxylic acids is 1. The Hall–Kier alpha value is -1.83. The Morgan fingerprint density at radius 2 is 1.88 bits per heavy atom. The van der Waals surface area contributed by atoms with Crippen molar-refractivity contribution in [2.24, 2.45) is 5.92 Å². The van der Waals surface area contributed by atoms with Gasteiger partial charge in [0.1, 0.15) is 5.76 Å². The Balaban J connectivity index is 1.50. The number of nitrogens with zero attached hydrogens (tertiary/aromatic N) is 1. The largest absolute Gasteiger partial charge is 0.467 e. The second-order valence-corrected chi connectivity index (χ2v) is 8.76. The third-order valence-electron chi connectivity index (χ3n) is 4.50. The van der Waals surface area contributed by atoms with E-state index in [2.05, 4.69) is 5.32 Å². The van der Waals surface area contributed by atoms with Crippen molar-refractivity contribution in [3.8, 4) is 0 Å². The summed E-state index contributed by atoms with van der Waals surface area (Å²) < 4.78 is 31.8. The Morgan fingerprint density at radius 3 is 2.50 bits per heavy atom. The molecule has 1 aliphatic rings. The van der Waals surface area contributed by atoms with E-state index in [-0.39, 0.29) is 17.6 Å². The standard InChI is InChI=1S/C18H21ClN2O4S/c19-16-5-3-14(4-6-16)13-26(23,24)21-9-7-15(8-10-21)18(22)20-12-17-2-1-11-25-17/h1-6,11,15H,7-10,12-13H2,(H,20,22). The summed E-state index contributed by atoms with van der Waals surface area (Å²) in [6.07, 6.45) is 2.60. The fourth-order valence-electron chi connectivity index (χ4n) is 3.01. The average molecular weight is 397 g/mol. The molecule has 6 nitrogen and oxygen atoms in total. The number of piperidine rings is 1. The van der Waals surface area contributed by atoms with Crippen LogP contribution in [0.1, 0.15) is 24.2 Å². The summed E-state index contributed by atoms with van der Waals surface area (Å²) in [5.41, 5.74) is 0.702. The summed E-state index contributed by atoms with van der Waals surface area (Å²) in [7, 11) is -3.40. The Morgan fingerprint density at radius 1 is 1.19 bits per heavy atom. The second-order valence-electron chi connectivity index (χ2n) is 6.35. The predicted octanol–water partition coefficient (Wildman–Crippen LogP) is 2.79. The maximum absolute atomic E-state index is 12.6. The molecule has 1 aliphatic heterocycles. The number of furan rings is 1. The van der Waals surface area contributed by atoms with Gasteiger partial charge in [0.25, 0.3) is 0 Å². The van der Waals surface area contributed by atoms with Crippen LogP contribution in [0.3, 0.4) is 0 Å². The Kier molecular flexibility index (Phi) is 6.01. The second kappa shape index (κ2) is 8.24. The molecule has 1 aromatic heterocycles. The number of carbonyl (C=O) groups is 1. The van der Waals surface area contributed by atoms with E-state index in [9.17, 15) is 13.2 Å². The summed E-state index contributed by atoms with van der Waals surface area (Å²) in [6, 6.07) is 10.4. The summed E-state index contributed by atoms with van der Waals surface area (Å²) in [5, 5.41) is 3.42. The molecule has 0 radical (unpaired) electrons. The van der Waals surface area contributed by atoms with Gasteiger partial charge in [-0.1, -0.05) is 23.7 Å². The highest BCUT2D eigenvalue weighted by Gasteiger charge is 2.31. The third-order valence-corrected chi connectivity index (χ3v) is 6.60. The van der Waals surface area contributed by atoms with Crippen molar-refractivity contribution in [1.29, 1.82) is 0 Å². The number of rotatable bonds is 6. The van der Waals surface area contributed by atoms with Crippen LogP contribution in [0.25, 0.3) is 0 Å². The van der Waals surface area contributed by atoms with E-state index in [4.69, 9.17) is 16.0 Å². The van der Waals surface area contributed by atoms with Gasteiger partial charge in [-0.2, -0.15) is 0 Å². The van der Waals surface area contributed by atoms with E-state index < -0.39 is 10.0 Å². The highest BCUT2D eigenvalue weighted by atomic mass is 35.5.